The van der Waals surface area contributed by atoms with Crippen LogP contribution < -0.4 is 15.0 Å². The number of aliphatic hydroxyl groups is 1. The second-order valence-electron chi connectivity index (χ2n) is 9.11. The number of piperidine rings is 1. The molecule has 1 saturated carbocycles. The third kappa shape index (κ3) is 4.48. The number of nitrogens with one attached hydrogen (secondary N) is 1. The second-order valence-corrected chi connectivity index (χ2v) is 9.11. The van der Waals surface area contributed by atoms with Crippen LogP contribution in [-0.2, 0) is 9.53 Å². The Hall–Kier alpha value is -2.55. The lowest BCUT2D eigenvalue weighted by molar-refractivity contribution is -0.139. The average molecular weight is 447 g/mol. The zero-order chi connectivity index (χ0) is 22.7. The fraction of sp³-hybridized carbons (Fsp3) is 0.696. The Labute approximate surface area is 189 Å². The molecule has 0 bridgehead atoms. The Morgan fingerprint density at radius 2 is 2.06 bits per heavy atom. The first kappa shape index (κ1) is 22.6. The van der Waals surface area contributed by atoms with Crippen LogP contribution >= 0.6 is 0 Å². The van der Waals surface area contributed by atoms with Crippen molar-refractivity contribution in [1.82, 2.24) is 9.88 Å². The minimum atomic E-state index is -0.534. The number of amides is 2. The highest BCUT2D eigenvalue weighted by Crippen LogP contribution is 2.44. The van der Waals surface area contributed by atoms with Gasteiger partial charge < -0.3 is 24.4 Å². The second kappa shape index (κ2) is 9.52. The van der Waals surface area contributed by atoms with E-state index in [2.05, 4.69) is 20.1 Å². The van der Waals surface area contributed by atoms with Crippen molar-refractivity contribution in [2.75, 3.05) is 43.6 Å². The fourth-order valence-electron chi connectivity index (χ4n) is 5.44. The predicted octanol–water partition coefficient (Wildman–Crippen LogP) is 2.78. The average Bonchev–Trinajstić information content (AvgIpc) is 3.09. The quantitative estimate of drug-likeness (QED) is 0.717. The van der Waals surface area contributed by atoms with Gasteiger partial charge in [-0.05, 0) is 51.9 Å². The van der Waals surface area contributed by atoms with Crippen LogP contribution in [0.25, 0.3) is 0 Å². The van der Waals surface area contributed by atoms with Crippen LogP contribution in [0.5, 0.6) is 5.75 Å². The molecule has 32 heavy (non-hydrogen) atoms. The van der Waals surface area contributed by atoms with Crippen LogP contribution in [0.3, 0.4) is 0 Å². The first-order valence-corrected chi connectivity index (χ1v) is 11.7. The number of aliphatic hydroxyl groups excluding tert-OH is 1. The normalized spacial score (nSPS) is 28.2. The molecule has 1 aromatic rings. The minimum Gasteiger partial charge on any atom is -0.493 e. The van der Waals surface area contributed by atoms with Gasteiger partial charge in [0, 0.05) is 31.7 Å². The van der Waals surface area contributed by atoms with Gasteiger partial charge in [-0.25, -0.2) is 9.78 Å². The van der Waals surface area contributed by atoms with E-state index in [1.165, 1.54) is 0 Å². The molecule has 3 aliphatic rings. The van der Waals surface area contributed by atoms with Gasteiger partial charge in [0.05, 0.1) is 37.1 Å². The van der Waals surface area contributed by atoms with E-state index in [9.17, 15) is 14.7 Å². The topological polar surface area (TPSA) is 104 Å². The van der Waals surface area contributed by atoms with Crippen molar-refractivity contribution in [1.29, 1.82) is 0 Å². The fourth-order valence-corrected chi connectivity index (χ4v) is 5.44. The van der Waals surface area contributed by atoms with E-state index in [4.69, 9.17) is 9.47 Å². The molecule has 9 nitrogen and oxygen atoms in total. The first-order valence-electron chi connectivity index (χ1n) is 11.7. The smallest absolute Gasteiger partial charge is 0.411 e. The molecule has 9 heteroatoms. The zero-order valence-electron chi connectivity index (χ0n) is 19.0. The number of aromatic nitrogens is 1. The molecule has 176 valence electrons. The third-order valence-electron chi connectivity index (χ3n) is 7.10. The van der Waals surface area contributed by atoms with E-state index in [-0.39, 0.29) is 30.1 Å². The standard InChI is InChI=1S/C23H34N4O5/c1-3-32-22(30)25-16-13-19(31-2)20(24-14-16)26-11-4-9-23(15-26)10-12-27(21(23)29)17-5-7-18(28)8-6-17/h13-14,17-18,28H,3-12,15H2,1-2H3,(H,25,30)/t17-,18-,23-/m0/s1. The summed E-state index contributed by atoms with van der Waals surface area (Å²) < 4.78 is 10.5. The molecule has 2 N–H and O–H groups in total. The molecule has 2 saturated heterocycles. The van der Waals surface area contributed by atoms with E-state index >= 15 is 0 Å². The molecule has 1 aromatic heterocycles. The first-order chi connectivity index (χ1) is 15.5. The Morgan fingerprint density at radius 3 is 2.78 bits per heavy atom. The van der Waals surface area contributed by atoms with Crippen molar-refractivity contribution in [3.05, 3.63) is 12.3 Å². The van der Waals surface area contributed by atoms with Gasteiger partial charge in [0.2, 0.25) is 5.91 Å². The van der Waals surface area contributed by atoms with E-state index < -0.39 is 6.09 Å². The lowest BCUT2D eigenvalue weighted by Crippen LogP contribution is -2.50. The minimum absolute atomic E-state index is 0.220. The number of anilines is 2. The summed E-state index contributed by atoms with van der Waals surface area (Å²) in [4.78, 5) is 34.0. The molecule has 0 radical (unpaired) electrons. The molecule has 2 aliphatic heterocycles. The number of pyridine rings is 1. The SMILES string of the molecule is CCOC(=O)Nc1cnc(N2CCC[C@]3(CCN([C@H]4CC[C@H](O)CC4)C3=O)C2)c(OC)c1. The Kier molecular flexibility index (Phi) is 6.74. The van der Waals surface area contributed by atoms with Crippen LogP contribution in [0.4, 0.5) is 16.3 Å². The summed E-state index contributed by atoms with van der Waals surface area (Å²) in [6, 6.07) is 1.98. The van der Waals surface area contributed by atoms with Gasteiger partial charge in [0.1, 0.15) is 0 Å². The number of hydrogen-bond donors (Lipinski definition) is 2. The molecule has 1 atom stereocenters. The summed E-state index contributed by atoms with van der Waals surface area (Å²) in [5.41, 5.74) is 0.112. The molecule has 2 amide bonds. The highest BCUT2D eigenvalue weighted by molar-refractivity contribution is 5.87. The summed E-state index contributed by atoms with van der Waals surface area (Å²) in [7, 11) is 1.58. The molecule has 3 fully saturated rings. The number of methoxy groups -OCH3 is 1. The van der Waals surface area contributed by atoms with Crippen molar-refractivity contribution >= 4 is 23.5 Å². The monoisotopic (exact) mass is 446 g/mol. The molecular weight excluding hydrogens is 412 g/mol. The molecule has 0 unspecified atom stereocenters. The molecule has 1 spiro atoms. The van der Waals surface area contributed by atoms with Gasteiger partial charge >= 0.3 is 6.09 Å². The Balaban J connectivity index is 1.48. The van der Waals surface area contributed by atoms with Gasteiger partial charge in [-0.2, -0.15) is 0 Å². The number of rotatable bonds is 5. The summed E-state index contributed by atoms with van der Waals surface area (Å²) in [6.45, 7) is 4.25. The summed E-state index contributed by atoms with van der Waals surface area (Å²) in [6.07, 6.45) is 6.82. The van der Waals surface area contributed by atoms with Crippen LogP contribution in [0.15, 0.2) is 12.3 Å². The van der Waals surface area contributed by atoms with E-state index in [0.717, 1.165) is 58.0 Å². The van der Waals surface area contributed by atoms with Crippen LogP contribution in [-0.4, -0.2) is 72.5 Å². The maximum absolute atomic E-state index is 13.6. The molecule has 0 aromatic carbocycles. The molecule has 1 aliphatic carbocycles. The van der Waals surface area contributed by atoms with Gasteiger partial charge in [-0.15, -0.1) is 0 Å². The Morgan fingerprint density at radius 1 is 1.28 bits per heavy atom. The zero-order valence-corrected chi connectivity index (χ0v) is 19.0. The summed E-state index contributed by atoms with van der Waals surface area (Å²) in [5.74, 6) is 1.50. The van der Waals surface area contributed by atoms with Crippen LogP contribution in [0.1, 0.15) is 51.9 Å². The van der Waals surface area contributed by atoms with Crippen molar-refractivity contribution in [2.45, 2.75) is 64.0 Å². The lowest BCUT2D eigenvalue weighted by atomic mass is 9.78. The number of nitrogens with zero attached hydrogens (tertiary/aromatic N) is 3. The van der Waals surface area contributed by atoms with Gasteiger partial charge in [0.15, 0.2) is 11.6 Å². The highest BCUT2D eigenvalue weighted by atomic mass is 16.5. The molecule has 4 rings (SSSR count). The maximum atomic E-state index is 13.6. The maximum Gasteiger partial charge on any atom is 0.411 e. The van der Waals surface area contributed by atoms with E-state index in [1.54, 1.807) is 26.3 Å². The number of carbonyl (C=O) groups is 2. The summed E-state index contributed by atoms with van der Waals surface area (Å²) in [5, 5.41) is 12.5. The summed E-state index contributed by atoms with van der Waals surface area (Å²) >= 11 is 0. The van der Waals surface area contributed by atoms with E-state index in [0.29, 0.717) is 23.8 Å². The van der Waals surface area contributed by atoms with Crippen molar-refractivity contribution in [2.24, 2.45) is 5.41 Å². The highest BCUT2D eigenvalue weighted by Gasteiger charge is 2.51. The van der Waals surface area contributed by atoms with Crippen LogP contribution in [0.2, 0.25) is 0 Å². The number of ether oxygens (including phenoxy) is 2. The third-order valence-corrected chi connectivity index (χ3v) is 7.10. The van der Waals surface area contributed by atoms with Crippen LogP contribution in [0, 0.1) is 5.41 Å². The van der Waals surface area contributed by atoms with Crippen molar-refractivity contribution < 1.29 is 24.2 Å². The number of carbonyl (C=O) groups excluding carboxylic acids is 2. The lowest BCUT2D eigenvalue weighted by Gasteiger charge is -2.41. The Bertz CT molecular complexity index is 842. The molecule has 3 heterocycles. The van der Waals surface area contributed by atoms with Gasteiger partial charge in [0.25, 0.3) is 0 Å². The predicted molar refractivity (Wildman–Crippen MR) is 120 cm³/mol. The molecular formula is C23H34N4O5. The number of hydrogen-bond acceptors (Lipinski definition) is 7. The van der Waals surface area contributed by atoms with Crippen molar-refractivity contribution in [3.63, 3.8) is 0 Å². The van der Waals surface area contributed by atoms with Gasteiger partial charge in [-0.3, -0.25) is 10.1 Å². The number of likely N-dealkylation sites (tertiary alicyclic amines) is 1. The van der Waals surface area contributed by atoms with Gasteiger partial charge in [-0.1, -0.05) is 0 Å². The van der Waals surface area contributed by atoms with E-state index in [1.807, 2.05) is 0 Å². The largest absolute Gasteiger partial charge is 0.493 e. The van der Waals surface area contributed by atoms with Crippen molar-refractivity contribution in [3.8, 4) is 5.75 Å².